The summed E-state index contributed by atoms with van der Waals surface area (Å²) < 4.78 is 6.61. The molecule has 1 heterocycles. The van der Waals surface area contributed by atoms with Gasteiger partial charge < -0.3 is 4.74 Å². The second kappa shape index (κ2) is 6.34. The normalized spacial score (nSPS) is 11.6. The van der Waals surface area contributed by atoms with Gasteiger partial charge in [0.1, 0.15) is 5.75 Å². The molecule has 0 fully saturated rings. The van der Waals surface area contributed by atoms with Crippen molar-refractivity contribution in [1.82, 2.24) is 4.98 Å². The number of para-hydroxylation sites is 1. The number of ether oxygens (including phenoxy) is 1. The summed E-state index contributed by atoms with van der Waals surface area (Å²) in [5, 5.41) is 0. The van der Waals surface area contributed by atoms with Gasteiger partial charge in [-0.2, -0.15) is 0 Å². The molecule has 0 saturated heterocycles. The van der Waals surface area contributed by atoms with Gasteiger partial charge in [-0.3, -0.25) is 4.79 Å². The molecular formula is C18H17NO2S2. The molecule has 0 bridgehead atoms. The molecule has 0 radical (unpaired) electrons. The predicted molar refractivity (Wildman–Crippen MR) is 96.9 cm³/mol. The van der Waals surface area contributed by atoms with E-state index < -0.39 is 4.75 Å². The van der Waals surface area contributed by atoms with E-state index in [1.165, 1.54) is 11.8 Å². The van der Waals surface area contributed by atoms with Gasteiger partial charge in [0.25, 0.3) is 0 Å². The van der Waals surface area contributed by atoms with E-state index in [1.807, 2.05) is 56.3 Å². The average Bonchev–Trinajstić information content (AvgIpc) is 2.95. The van der Waals surface area contributed by atoms with Crippen molar-refractivity contribution in [1.29, 1.82) is 0 Å². The van der Waals surface area contributed by atoms with Gasteiger partial charge in [-0.15, -0.1) is 11.3 Å². The number of rotatable bonds is 5. The maximum absolute atomic E-state index is 12.8. The second-order valence-electron chi connectivity index (χ2n) is 5.62. The molecular weight excluding hydrogens is 326 g/mol. The van der Waals surface area contributed by atoms with Crippen LogP contribution in [0.4, 0.5) is 0 Å². The molecule has 23 heavy (non-hydrogen) atoms. The number of benzene rings is 2. The van der Waals surface area contributed by atoms with Gasteiger partial charge in [-0.05, 0) is 50.2 Å². The van der Waals surface area contributed by atoms with Crippen molar-refractivity contribution in [2.75, 3.05) is 7.11 Å². The van der Waals surface area contributed by atoms with Crippen molar-refractivity contribution >= 4 is 39.1 Å². The molecule has 5 heteroatoms. The number of carbonyl (C=O) groups is 1. The molecule has 0 saturated carbocycles. The SMILES string of the molecule is COc1ccc(C(=O)C(C)(C)Sc2nc3ccccc3s2)cc1. The van der Waals surface area contributed by atoms with Gasteiger partial charge in [-0.25, -0.2) is 4.98 Å². The number of hydrogen-bond donors (Lipinski definition) is 0. The summed E-state index contributed by atoms with van der Waals surface area (Å²) in [5.74, 6) is 0.836. The van der Waals surface area contributed by atoms with Crippen molar-refractivity contribution in [2.24, 2.45) is 0 Å². The minimum atomic E-state index is -0.581. The van der Waals surface area contributed by atoms with Crippen LogP contribution < -0.4 is 4.74 Å². The molecule has 0 spiro atoms. The fourth-order valence-electron chi connectivity index (χ4n) is 2.25. The average molecular weight is 343 g/mol. The van der Waals surface area contributed by atoms with Gasteiger partial charge in [0, 0.05) is 5.56 Å². The molecule has 0 atom stereocenters. The van der Waals surface area contributed by atoms with E-state index >= 15 is 0 Å². The van der Waals surface area contributed by atoms with Crippen LogP contribution in [0.1, 0.15) is 24.2 Å². The summed E-state index contributed by atoms with van der Waals surface area (Å²) in [5.41, 5.74) is 1.66. The van der Waals surface area contributed by atoms with Gasteiger partial charge in [0.05, 0.1) is 22.1 Å². The lowest BCUT2D eigenvalue weighted by atomic mass is 10.0. The van der Waals surface area contributed by atoms with Crippen molar-refractivity contribution in [2.45, 2.75) is 22.9 Å². The fraction of sp³-hybridized carbons (Fsp3) is 0.222. The van der Waals surface area contributed by atoms with E-state index in [1.54, 1.807) is 18.4 Å². The molecule has 0 amide bonds. The van der Waals surface area contributed by atoms with Crippen LogP contribution in [0.3, 0.4) is 0 Å². The zero-order valence-corrected chi connectivity index (χ0v) is 14.8. The highest BCUT2D eigenvalue weighted by atomic mass is 32.2. The number of ketones is 1. The third-order valence-electron chi connectivity index (χ3n) is 3.52. The minimum Gasteiger partial charge on any atom is -0.497 e. The molecule has 0 unspecified atom stereocenters. The summed E-state index contributed by atoms with van der Waals surface area (Å²) in [6.07, 6.45) is 0. The zero-order chi connectivity index (χ0) is 16.4. The molecule has 0 aliphatic heterocycles. The third kappa shape index (κ3) is 3.41. The fourth-order valence-corrected chi connectivity index (χ4v) is 4.80. The quantitative estimate of drug-likeness (QED) is 0.479. The lowest BCUT2D eigenvalue weighted by Gasteiger charge is -2.21. The molecule has 3 aromatic rings. The molecule has 0 N–H and O–H groups in total. The number of carbonyl (C=O) groups excluding carboxylic acids is 1. The van der Waals surface area contributed by atoms with Gasteiger partial charge >= 0.3 is 0 Å². The van der Waals surface area contributed by atoms with Crippen LogP contribution in [0.2, 0.25) is 0 Å². The van der Waals surface area contributed by atoms with Gasteiger partial charge in [-0.1, -0.05) is 23.9 Å². The maximum Gasteiger partial charge on any atom is 0.178 e. The van der Waals surface area contributed by atoms with E-state index in [9.17, 15) is 4.79 Å². The Morgan fingerprint density at radius 1 is 1.13 bits per heavy atom. The lowest BCUT2D eigenvalue weighted by molar-refractivity contribution is 0.0958. The summed E-state index contributed by atoms with van der Waals surface area (Å²) >= 11 is 3.13. The molecule has 0 aliphatic carbocycles. The van der Waals surface area contributed by atoms with Crippen LogP contribution in [0.25, 0.3) is 10.2 Å². The second-order valence-corrected chi connectivity index (χ2v) is 8.52. The number of thiazole rings is 1. The highest BCUT2D eigenvalue weighted by molar-refractivity contribution is 8.03. The minimum absolute atomic E-state index is 0.0874. The Balaban J connectivity index is 1.83. The number of methoxy groups -OCH3 is 1. The number of fused-ring (bicyclic) bond motifs is 1. The first kappa shape index (κ1) is 16.0. The standard InChI is InChI=1S/C18H17NO2S2/c1-18(2,16(20)12-8-10-13(21-3)11-9-12)23-17-19-14-6-4-5-7-15(14)22-17/h4-11H,1-3H3. The predicted octanol–water partition coefficient (Wildman–Crippen LogP) is 5.06. The van der Waals surface area contributed by atoms with Gasteiger partial charge in [0.2, 0.25) is 0 Å². The largest absolute Gasteiger partial charge is 0.497 e. The summed E-state index contributed by atoms with van der Waals surface area (Å²) in [6.45, 7) is 3.88. The van der Waals surface area contributed by atoms with Crippen molar-refractivity contribution in [3.63, 3.8) is 0 Å². The Morgan fingerprint density at radius 2 is 1.83 bits per heavy atom. The number of hydrogen-bond acceptors (Lipinski definition) is 5. The molecule has 118 valence electrons. The first-order valence-electron chi connectivity index (χ1n) is 7.23. The molecule has 3 rings (SSSR count). The van der Waals surface area contributed by atoms with E-state index in [0.29, 0.717) is 5.56 Å². The van der Waals surface area contributed by atoms with Crippen LogP contribution in [0.5, 0.6) is 5.75 Å². The van der Waals surface area contributed by atoms with Crippen LogP contribution >= 0.6 is 23.1 Å². The Hall–Kier alpha value is -1.85. The number of nitrogens with zero attached hydrogens (tertiary/aromatic N) is 1. The Morgan fingerprint density at radius 3 is 2.48 bits per heavy atom. The Kier molecular flexibility index (Phi) is 4.41. The van der Waals surface area contributed by atoms with Crippen LogP contribution in [-0.4, -0.2) is 22.6 Å². The topological polar surface area (TPSA) is 39.2 Å². The third-order valence-corrected chi connectivity index (χ3v) is 5.81. The van der Waals surface area contributed by atoms with Crippen molar-refractivity contribution in [3.05, 3.63) is 54.1 Å². The lowest BCUT2D eigenvalue weighted by Crippen LogP contribution is -2.27. The number of aromatic nitrogens is 1. The van der Waals surface area contributed by atoms with E-state index in [0.717, 1.165) is 20.3 Å². The summed E-state index contributed by atoms with van der Waals surface area (Å²) in [6, 6.07) is 15.3. The van der Waals surface area contributed by atoms with E-state index in [4.69, 9.17) is 4.74 Å². The smallest absolute Gasteiger partial charge is 0.178 e. The van der Waals surface area contributed by atoms with E-state index in [2.05, 4.69) is 11.1 Å². The molecule has 3 nitrogen and oxygen atoms in total. The summed E-state index contributed by atoms with van der Waals surface area (Å²) in [4.78, 5) is 17.4. The van der Waals surface area contributed by atoms with E-state index in [-0.39, 0.29) is 5.78 Å². The molecule has 1 aromatic heterocycles. The monoisotopic (exact) mass is 343 g/mol. The first-order chi connectivity index (χ1) is 11.0. The van der Waals surface area contributed by atoms with Gasteiger partial charge in [0.15, 0.2) is 10.1 Å². The Bertz CT molecular complexity index is 805. The number of Topliss-reactive ketones (excluding diaryl/α,β-unsaturated/α-hetero) is 1. The maximum atomic E-state index is 12.8. The van der Waals surface area contributed by atoms with Crippen LogP contribution in [-0.2, 0) is 0 Å². The van der Waals surface area contributed by atoms with Crippen LogP contribution in [0, 0.1) is 0 Å². The van der Waals surface area contributed by atoms with Crippen molar-refractivity contribution < 1.29 is 9.53 Å². The number of thioether (sulfide) groups is 1. The molecule has 2 aromatic carbocycles. The first-order valence-corrected chi connectivity index (χ1v) is 8.86. The highest BCUT2D eigenvalue weighted by Crippen LogP contribution is 2.39. The highest BCUT2D eigenvalue weighted by Gasteiger charge is 2.31. The van der Waals surface area contributed by atoms with Crippen LogP contribution in [0.15, 0.2) is 52.9 Å². The summed E-state index contributed by atoms with van der Waals surface area (Å²) in [7, 11) is 1.61. The molecule has 0 aliphatic rings. The van der Waals surface area contributed by atoms with Crippen molar-refractivity contribution in [3.8, 4) is 5.75 Å². The Labute approximate surface area is 143 Å². The zero-order valence-electron chi connectivity index (χ0n) is 13.2.